The summed E-state index contributed by atoms with van der Waals surface area (Å²) in [5, 5.41) is 2.98. The number of nitrogens with two attached hydrogens (primary N) is 1. The highest BCUT2D eigenvalue weighted by molar-refractivity contribution is 7.89. The third kappa shape index (κ3) is 6.78. The van der Waals surface area contributed by atoms with Crippen LogP contribution in [0.25, 0.3) is 11.1 Å². The third-order valence-electron chi connectivity index (χ3n) is 5.30. The van der Waals surface area contributed by atoms with Crippen molar-refractivity contribution in [3.05, 3.63) is 35.1 Å². The largest absolute Gasteiger partial charge is 0.444 e. The molecule has 3 rings (SSSR count). The molecule has 1 aliphatic rings. The van der Waals surface area contributed by atoms with E-state index in [0.29, 0.717) is 42.5 Å². The summed E-state index contributed by atoms with van der Waals surface area (Å²) in [4.78, 5) is 20.1. The maximum absolute atomic E-state index is 13.1. The molecule has 1 aromatic heterocycles. The maximum atomic E-state index is 13.1. The summed E-state index contributed by atoms with van der Waals surface area (Å²) >= 11 is 6.25. The highest BCUT2D eigenvalue weighted by atomic mass is 35.5. The molecule has 0 saturated heterocycles. The molecule has 1 aromatic carbocycles. The lowest BCUT2D eigenvalue weighted by molar-refractivity contribution is 0.0490. The van der Waals surface area contributed by atoms with Gasteiger partial charge in [0.25, 0.3) is 0 Å². The molecule has 11 heteroatoms. The molecule has 1 fully saturated rings. The maximum Gasteiger partial charge on any atom is 0.407 e. The van der Waals surface area contributed by atoms with Crippen molar-refractivity contribution in [2.24, 2.45) is 0 Å². The Labute approximate surface area is 199 Å². The number of nitrogen functional groups attached to an aromatic ring is 1. The van der Waals surface area contributed by atoms with Crippen LogP contribution in [0.5, 0.6) is 0 Å². The van der Waals surface area contributed by atoms with Gasteiger partial charge in [0.1, 0.15) is 10.5 Å². The van der Waals surface area contributed by atoms with E-state index in [9.17, 15) is 13.2 Å². The Morgan fingerprint density at radius 1 is 1.18 bits per heavy atom. The van der Waals surface area contributed by atoms with Crippen LogP contribution in [0, 0.1) is 6.92 Å². The zero-order valence-electron chi connectivity index (χ0n) is 19.2. The Kier molecular flexibility index (Phi) is 7.50. The van der Waals surface area contributed by atoms with E-state index in [1.165, 1.54) is 6.07 Å². The standard InChI is InChI=1S/C22H30ClN5O4S/c1-13-17(12-25-20(24)26-13)14-5-10-18(23)19(11-14)33(30,31)28-16-8-6-15(7-9-16)27-21(29)32-22(2,3)4/h5,10-12,15-16,28H,6-9H2,1-4H3,(H,27,29)(H2,24,25,26). The molecule has 1 saturated carbocycles. The van der Waals surface area contributed by atoms with Gasteiger partial charge in [0.2, 0.25) is 16.0 Å². The molecule has 0 spiro atoms. The first kappa shape index (κ1) is 25.2. The summed E-state index contributed by atoms with van der Waals surface area (Å²) in [6, 6.07) is 4.47. The molecular formula is C22H30ClN5O4S. The number of amides is 1. The van der Waals surface area contributed by atoms with Crippen LogP contribution in [0.15, 0.2) is 29.3 Å². The summed E-state index contributed by atoms with van der Waals surface area (Å²) in [6.45, 7) is 7.19. The van der Waals surface area contributed by atoms with Crippen molar-refractivity contribution < 1.29 is 17.9 Å². The molecule has 2 aromatic rings. The number of carbonyl (C=O) groups is 1. The van der Waals surface area contributed by atoms with E-state index in [-0.39, 0.29) is 28.0 Å². The minimum absolute atomic E-state index is 0.00750. The first-order chi connectivity index (χ1) is 15.3. The SMILES string of the molecule is Cc1nc(N)ncc1-c1ccc(Cl)c(S(=O)(=O)NC2CCC(NC(=O)OC(C)(C)C)CC2)c1. The minimum Gasteiger partial charge on any atom is -0.444 e. The molecule has 1 amide bonds. The van der Waals surface area contributed by atoms with Crippen LogP contribution >= 0.6 is 11.6 Å². The number of sulfonamides is 1. The number of nitrogens with one attached hydrogen (secondary N) is 2. The molecule has 0 radical (unpaired) electrons. The fourth-order valence-corrected chi connectivity index (χ4v) is 5.59. The smallest absolute Gasteiger partial charge is 0.407 e. The molecule has 9 nitrogen and oxygen atoms in total. The topological polar surface area (TPSA) is 136 Å². The third-order valence-corrected chi connectivity index (χ3v) is 7.30. The van der Waals surface area contributed by atoms with Gasteiger partial charge in [0.15, 0.2) is 0 Å². The van der Waals surface area contributed by atoms with Crippen LogP contribution in [0.1, 0.15) is 52.1 Å². The zero-order chi connectivity index (χ0) is 24.4. The van der Waals surface area contributed by atoms with Crippen LogP contribution in [0.4, 0.5) is 10.7 Å². The molecular weight excluding hydrogens is 466 g/mol. The Bertz CT molecular complexity index is 1130. The predicted molar refractivity (Wildman–Crippen MR) is 127 cm³/mol. The molecule has 33 heavy (non-hydrogen) atoms. The van der Waals surface area contributed by atoms with Crippen molar-refractivity contribution in [2.45, 2.75) is 76.0 Å². The molecule has 1 aliphatic carbocycles. The van der Waals surface area contributed by atoms with E-state index < -0.39 is 21.7 Å². The van der Waals surface area contributed by atoms with Gasteiger partial charge < -0.3 is 15.8 Å². The normalized spacial score (nSPS) is 19.2. The number of rotatable bonds is 5. The summed E-state index contributed by atoms with van der Waals surface area (Å²) in [5.74, 6) is 0.150. The number of anilines is 1. The molecule has 180 valence electrons. The van der Waals surface area contributed by atoms with Crippen LogP contribution in [0.3, 0.4) is 0 Å². The van der Waals surface area contributed by atoms with Crippen LogP contribution in [-0.4, -0.2) is 42.2 Å². The fraction of sp³-hybridized carbons (Fsp3) is 0.500. The molecule has 0 unspecified atom stereocenters. The number of nitrogens with zero attached hydrogens (tertiary/aromatic N) is 2. The average Bonchev–Trinajstić information content (AvgIpc) is 2.68. The molecule has 0 aliphatic heterocycles. The van der Waals surface area contributed by atoms with E-state index in [0.717, 1.165) is 0 Å². The van der Waals surface area contributed by atoms with Crippen molar-refractivity contribution in [1.82, 2.24) is 20.0 Å². The van der Waals surface area contributed by atoms with E-state index in [1.807, 2.05) is 0 Å². The van der Waals surface area contributed by atoms with Crippen LogP contribution in [-0.2, 0) is 14.8 Å². The van der Waals surface area contributed by atoms with Gasteiger partial charge in [-0.15, -0.1) is 0 Å². The van der Waals surface area contributed by atoms with E-state index in [4.69, 9.17) is 22.1 Å². The Morgan fingerprint density at radius 3 is 2.42 bits per heavy atom. The van der Waals surface area contributed by atoms with Gasteiger partial charge in [-0.1, -0.05) is 17.7 Å². The van der Waals surface area contributed by atoms with Gasteiger partial charge in [0.05, 0.1) is 10.7 Å². The second kappa shape index (κ2) is 9.82. The van der Waals surface area contributed by atoms with Crippen LogP contribution < -0.4 is 15.8 Å². The summed E-state index contributed by atoms with van der Waals surface area (Å²) in [6.07, 6.45) is 3.55. The Morgan fingerprint density at radius 2 is 1.82 bits per heavy atom. The molecule has 1 heterocycles. The second-order valence-electron chi connectivity index (χ2n) is 9.19. The van der Waals surface area contributed by atoms with Crippen molar-refractivity contribution in [3.8, 4) is 11.1 Å². The lowest BCUT2D eigenvalue weighted by Gasteiger charge is -2.30. The predicted octanol–water partition coefficient (Wildman–Crippen LogP) is 3.80. The molecule has 0 atom stereocenters. The highest BCUT2D eigenvalue weighted by Crippen LogP contribution is 2.30. The number of aryl methyl sites for hydroxylation is 1. The van der Waals surface area contributed by atoms with Crippen molar-refractivity contribution in [1.29, 1.82) is 0 Å². The van der Waals surface area contributed by atoms with Crippen molar-refractivity contribution in [3.63, 3.8) is 0 Å². The highest BCUT2D eigenvalue weighted by Gasteiger charge is 2.29. The fourth-order valence-electron chi connectivity index (χ4n) is 3.76. The minimum atomic E-state index is -3.87. The number of aromatic nitrogens is 2. The number of hydrogen-bond donors (Lipinski definition) is 3. The van der Waals surface area contributed by atoms with Crippen molar-refractivity contribution >= 4 is 33.7 Å². The van der Waals surface area contributed by atoms with Gasteiger partial charge in [-0.25, -0.2) is 27.9 Å². The number of ether oxygens (including phenoxy) is 1. The lowest BCUT2D eigenvalue weighted by atomic mass is 9.92. The first-order valence-electron chi connectivity index (χ1n) is 10.7. The van der Waals surface area contributed by atoms with E-state index in [1.54, 1.807) is 46.0 Å². The summed E-state index contributed by atoms with van der Waals surface area (Å²) in [7, 11) is -3.87. The molecule has 0 bridgehead atoms. The number of alkyl carbamates (subject to hydrolysis) is 1. The lowest BCUT2D eigenvalue weighted by Crippen LogP contribution is -2.45. The average molecular weight is 496 g/mol. The van der Waals surface area contributed by atoms with Gasteiger partial charge in [-0.3, -0.25) is 0 Å². The number of hydrogen-bond acceptors (Lipinski definition) is 7. The van der Waals surface area contributed by atoms with Gasteiger partial charge >= 0.3 is 6.09 Å². The summed E-state index contributed by atoms with van der Waals surface area (Å²) < 4.78 is 34.3. The summed E-state index contributed by atoms with van der Waals surface area (Å²) in [5.41, 5.74) is 6.98. The van der Waals surface area contributed by atoms with Gasteiger partial charge in [-0.2, -0.15) is 0 Å². The van der Waals surface area contributed by atoms with Crippen LogP contribution in [0.2, 0.25) is 5.02 Å². The number of halogens is 1. The van der Waals surface area contributed by atoms with E-state index in [2.05, 4.69) is 20.0 Å². The van der Waals surface area contributed by atoms with Crippen molar-refractivity contribution in [2.75, 3.05) is 5.73 Å². The zero-order valence-corrected chi connectivity index (χ0v) is 20.8. The van der Waals surface area contributed by atoms with E-state index >= 15 is 0 Å². The second-order valence-corrected chi connectivity index (χ2v) is 11.3. The Balaban J connectivity index is 1.67. The quantitative estimate of drug-likeness (QED) is 0.573. The van der Waals surface area contributed by atoms with Gasteiger partial charge in [0, 0.05) is 23.8 Å². The number of carbonyl (C=O) groups excluding carboxylic acids is 1. The first-order valence-corrected chi connectivity index (χ1v) is 12.6. The Hall–Kier alpha value is -2.43. The molecule has 4 N–H and O–H groups in total. The monoisotopic (exact) mass is 495 g/mol. The number of benzene rings is 1. The van der Waals surface area contributed by atoms with Gasteiger partial charge in [-0.05, 0) is 71.1 Å².